The molecule has 0 spiro atoms. The van der Waals surface area contributed by atoms with E-state index in [4.69, 9.17) is 4.74 Å². The quantitative estimate of drug-likeness (QED) is 0.558. The van der Waals surface area contributed by atoms with Crippen LogP contribution in [0.4, 0.5) is 0 Å². The third-order valence-corrected chi connectivity index (χ3v) is 5.59. The van der Waals surface area contributed by atoms with Crippen LogP contribution < -0.4 is 4.74 Å². The van der Waals surface area contributed by atoms with Gasteiger partial charge in [-0.2, -0.15) is 0 Å². The molecule has 0 unspecified atom stereocenters. The Morgan fingerprint density at radius 3 is 2.41 bits per heavy atom. The summed E-state index contributed by atoms with van der Waals surface area (Å²) in [4.78, 5) is 14.8. The van der Waals surface area contributed by atoms with Crippen molar-refractivity contribution in [3.8, 4) is 5.75 Å². The van der Waals surface area contributed by atoms with Crippen molar-refractivity contribution in [3.05, 3.63) is 106 Å². The van der Waals surface area contributed by atoms with Crippen LogP contribution in [0, 0.1) is 0 Å². The molecule has 3 aromatic carbocycles. The Balaban J connectivity index is 1.79. The molecule has 0 radical (unpaired) electrons. The first-order valence-electron chi connectivity index (χ1n) is 9.26. The van der Waals surface area contributed by atoms with Crippen molar-refractivity contribution in [2.24, 2.45) is 0 Å². The van der Waals surface area contributed by atoms with Crippen molar-refractivity contribution < 1.29 is 14.6 Å². The molecule has 1 amide bonds. The fourth-order valence-corrected chi connectivity index (χ4v) is 3.95. The summed E-state index contributed by atoms with van der Waals surface area (Å²) < 4.78 is 6.27. The van der Waals surface area contributed by atoms with Gasteiger partial charge in [-0.3, -0.25) is 4.79 Å². The van der Waals surface area contributed by atoms with Crippen molar-refractivity contribution in [1.82, 2.24) is 4.90 Å². The first-order chi connectivity index (χ1) is 14.1. The molecule has 1 atom stereocenters. The number of halogens is 1. The monoisotopic (exact) mass is 449 g/mol. The number of hydrogen-bond acceptors (Lipinski definition) is 3. The molecule has 146 valence electrons. The number of benzene rings is 3. The van der Waals surface area contributed by atoms with E-state index in [1.54, 1.807) is 12.0 Å². The van der Waals surface area contributed by atoms with Crippen LogP contribution >= 0.6 is 15.9 Å². The first-order valence-corrected chi connectivity index (χ1v) is 10.1. The van der Waals surface area contributed by atoms with Crippen LogP contribution in [-0.2, 0) is 11.3 Å². The second-order valence-electron chi connectivity index (χ2n) is 6.87. The van der Waals surface area contributed by atoms with Gasteiger partial charge in [-0.1, -0.05) is 70.5 Å². The second-order valence-corrected chi connectivity index (χ2v) is 7.78. The summed E-state index contributed by atoms with van der Waals surface area (Å²) in [5.41, 5.74) is 3.33. The van der Waals surface area contributed by atoms with Crippen LogP contribution in [0.15, 0.2) is 89.1 Å². The third-order valence-electron chi connectivity index (χ3n) is 5.06. The van der Waals surface area contributed by atoms with Crippen LogP contribution in [0.25, 0.3) is 5.57 Å². The van der Waals surface area contributed by atoms with Gasteiger partial charge in [0, 0.05) is 16.6 Å². The highest BCUT2D eigenvalue weighted by atomic mass is 79.9. The fourth-order valence-electron chi connectivity index (χ4n) is 3.69. The van der Waals surface area contributed by atoms with Gasteiger partial charge in [-0.25, -0.2) is 0 Å². The minimum absolute atomic E-state index is 0.202. The highest BCUT2D eigenvalue weighted by Gasteiger charge is 2.40. The van der Waals surface area contributed by atoms with Gasteiger partial charge >= 0.3 is 0 Å². The summed E-state index contributed by atoms with van der Waals surface area (Å²) in [6.07, 6.45) is 0. The lowest BCUT2D eigenvalue weighted by atomic mass is 9.93. The summed E-state index contributed by atoms with van der Waals surface area (Å²) in [5.74, 6) is 0.154. The van der Waals surface area contributed by atoms with Crippen LogP contribution in [-0.4, -0.2) is 23.0 Å². The maximum Gasteiger partial charge on any atom is 0.290 e. The first kappa shape index (κ1) is 19.3. The average Bonchev–Trinajstić information content (AvgIpc) is 3.00. The number of nitrogens with zero attached hydrogens (tertiary/aromatic N) is 1. The lowest BCUT2D eigenvalue weighted by Gasteiger charge is -2.27. The molecule has 3 aromatic rings. The summed E-state index contributed by atoms with van der Waals surface area (Å²) >= 11 is 3.47. The van der Waals surface area contributed by atoms with E-state index >= 15 is 0 Å². The Morgan fingerprint density at radius 2 is 1.72 bits per heavy atom. The molecule has 1 aliphatic heterocycles. The van der Waals surface area contributed by atoms with Gasteiger partial charge < -0.3 is 14.7 Å². The molecule has 0 saturated carbocycles. The van der Waals surface area contributed by atoms with E-state index < -0.39 is 0 Å². The number of carbonyl (C=O) groups excluding carboxylic acids is 1. The van der Waals surface area contributed by atoms with E-state index in [2.05, 4.69) is 15.9 Å². The Hall–Kier alpha value is -3.05. The van der Waals surface area contributed by atoms with E-state index in [9.17, 15) is 9.90 Å². The van der Waals surface area contributed by atoms with Crippen LogP contribution in [0.1, 0.15) is 22.7 Å². The molecular formula is C24H20BrNO3. The zero-order chi connectivity index (χ0) is 20.4. The zero-order valence-corrected chi connectivity index (χ0v) is 17.5. The normalized spacial score (nSPS) is 16.4. The van der Waals surface area contributed by atoms with Gasteiger partial charge in [0.1, 0.15) is 5.75 Å². The molecule has 1 aliphatic rings. The minimum Gasteiger partial charge on any atom is -0.503 e. The maximum absolute atomic E-state index is 13.1. The predicted octanol–water partition coefficient (Wildman–Crippen LogP) is 5.51. The van der Waals surface area contributed by atoms with Gasteiger partial charge in [0.25, 0.3) is 5.91 Å². The number of aliphatic hydroxyl groups excluding tert-OH is 1. The molecule has 0 aromatic heterocycles. The molecule has 29 heavy (non-hydrogen) atoms. The van der Waals surface area contributed by atoms with Gasteiger partial charge in [-0.15, -0.1) is 0 Å². The van der Waals surface area contributed by atoms with E-state index in [-0.39, 0.29) is 17.7 Å². The number of rotatable bonds is 5. The van der Waals surface area contributed by atoms with Crippen molar-refractivity contribution >= 4 is 27.4 Å². The predicted molar refractivity (Wildman–Crippen MR) is 116 cm³/mol. The minimum atomic E-state index is -0.385. The Morgan fingerprint density at radius 1 is 1.00 bits per heavy atom. The Bertz CT molecular complexity index is 1060. The summed E-state index contributed by atoms with van der Waals surface area (Å²) in [5, 5.41) is 10.8. The van der Waals surface area contributed by atoms with E-state index in [1.807, 2.05) is 78.9 Å². The highest BCUT2D eigenvalue weighted by molar-refractivity contribution is 9.10. The lowest BCUT2D eigenvalue weighted by molar-refractivity contribution is -0.130. The number of methoxy groups -OCH3 is 1. The standard InChI is InChI=1S/C24H20BrNO3/c1-29-20-9-5-6-16(14-20)15-26-22(18-10-12-19(25)13-11-18)21(23(27)24(26)28)17-7-3-2-4-8-17/h2-14,22,27H,15H2,1H3/t22-/m1/s1. The number of amides is 1. The van der Waals surface area contributed by atoms with Gasteiger partial charge in [-0.05, 0) is 41.0 Å². The average molecular weight is 450 g/mol. The second kappa shape index (κ2) is 8.13. The number of carbonyl (C=O) groups is 1. The SMILES string of the molecule is COc1cccc(CN2C(=O)C(O)=C(c3ccccc3)[C@H]2c2ccc(Br)cc2)c1. The summed E-state index contributed by atoms with van der Waals surface area (Å²) in [6.45, 7) is 0.358. The van der Waals surface area contributed by atoms with Crippen molar-refractivity contribution in [1.29, 1.82) is 0 Å². The van der Waals surface area contributed by atoms with E-state index in [0.717, 1.165) is 26.9 Å². The topological polar surface area (TPSA) is 49.8 Å². The molecule has 1 heterocycles. The maximum atomic E-state index is 13.1. The molecule has 0 saturated heterocycles. The Labute approximate surface area is 178 Å². The van der Waals surface area contributed by atoms with E-state index in [1.165, 1.54) is 0 Å². The highest BCUT2D eigenvalue weighted by Crippen LogP contribution is 2.43. The molecule has 4 nitrogen and oxygen atoms in total. The summed E-state index contributed by atoms with van der Waals surface area (Å²) in [7, 11) is 1.62. The number of ether oxygens (including phenoxy) is 1. The van der Waals surface area contributed by atoms with Crippen molar-refractivity contribution in [3.63, 3.8) is 0 Å². The lowest BCUT2D eigenvalue weighted by Crippen LogP contribution is -2.29. The van der Waals surface area contributed by atoms with Crippen LogP contribution in [0.2, 0.25) is 0 Å². The third kappa shape index (κ3) is 3.78. The largest absolute Gasteiger partial charge is 0.503 e. The van der Waals surface area contributed by atoms with Gasteiger partial charge in [0.05, 0.1) is 13.2 Å². The van der Waals surface area contributed by atoms with Crippen LogP contribution in [0.3, 0.4) is 0 Å². The molecule has 4 rings (SSSR count). The summed E-state index contributed by atoms with van der Waals surface area (Å²) in [6, 6.07) is 24.6. The number of aliphatic hydroxyl groups is 1. The fraction of sp³-hybridized carbons (Fsp3) is 0.125. The molecule has 1 N–H and O–H groups in total. The molecule has 0 aliphatic carbocycles. The van der Waals surface area contributed by atoms with Gasteiger partial charge in [0.2, 0.25) is 0 Å². The Kier molecular flexibility index (Phi) is 5.41. The number of hydrogen-bond donors (Lipinski definition) is 1. The molecule has 0 bridgehead atoms. The smallest absolute Gasteiger partial charge is 0.290 e. The van der Waals surface area contributed by atoms with Crippen molar-refractivity contribution in [2.45, 2.75) is 12.6 Å². The zero-order valence-electron chi connectivity index (χ0n) is 15.9. The molecule has 0 fully saturated rings. The molecular weight excluding hydrogens is 430 g/mol. The van der Waals surface area contributed by atoms with Crippen LogP contribution in [0.5, 0.6) is 5.75 Å². The van der Waals surface area contributed by atoms with Crippen molar-refractivity contribution in [2.75, 3.05) is 7.11 Å². The van der Waals surface area contributed by atoms with Gasteiger partial charge in [0.15, 0.2) is 5.76 Å². The molecule has 5 heteroatoms. The van der Waals surface area contributed by atoms with E-state index in [0.29, 0.717) is 12.1 Å².